The number of amides is 1. The van der Waals surface area contributed by atoms with E-state index in [4.69, 9.17) is 0 Å². The maximum absolute atomic E-state index is 12.3. The van der Waals surface area contributed by atoms with Crippen LogP contribution in [0.1, 0.15) is 19.8 Å². The normalized spacial score (nSPS) is 15.3. The number of nitrogens with zero attached hydrogens (tertiary/aromatic N) is 4. The first-order valence-corrected chi connectivity index (χ1v) is 9.10. The molecule has 0 spiro atoms. The number of nitrogens with one attached hydrogen (secondary N) is 1. The number of hydrogen-bond donors (Lipinski definition) is 1. The van der Waals surface area contributed by atoms with Gasteiger partial charge in [-0.05, 0) is 36.3 Å². The number of hydrogen-bond acceptors (Lipinski definition) is 4. The summed E-state index contributed by atoms with van der Waals surface area (Å²) in [5, 5.41) is 4.01. The highest BCUT2D eigenvalue weighted by atomic mass is 16.1. The zero-order valence-electron chi connectivity index (χ0n) is 14.9. The van der Waals surface area contributed by atoms with Gasteiger partial charge in [0.25, 0.3) is 0 Å². The van der Waals surface area contributed by atoms with Gasteiger partial charge in [0.2, 0.25) is 11.9 Å². The van der Waals surface area contributed by atoms with Gasteiger partial charge in [0.1, 0.15) is 6.54 Å². The van der Waals surface area contributed by atoms with Crippen LogP contribution in [0.5, 0.6) is 0 Å². The average Bonchev–Trinajstić information content (AvgIpc) is 3.06. The van der Waals surface area contributed by atoms with Crippen LogP contribution >= 0.6 is 0 Å². The summed E-state index contributed by atoms with van der Waals surface area (Å²) in [6.45, 7) is 4.53. The van der Waals surface area contributed by atoms with Crippen LogP contribution in [0.2, 0.25) is 0 Å². The number of carbonyl (C=O) groups excluding carboxylic acids is 1. The standard InChI is InChI=1S/C20H23N5O/c1-15-6-9-24(10-7-15)20-21-12-17(13-22-20)23-19(26)14-25-11-8-16-4-2-3-5-18(16)25/h2-5,8,11-13,15H,6-7,9-10,14H2,1H3,(H,23,26). The average molecular weight is 349 g/mol. The molecule has 1 N–H and O–H groups in total. The van der Waals surface area contributed by atoms with E-state index in [1.165, 1.54) is 12.8 Å². The number of anilines is 2. The lowest BCUT2D eigenvalue weighted by atomic mass is 10.00. The summed E-state index contributed by atoms with van der Waals surface area (Å²) in [5.74, 6) is 1.43. The number of rotatable bonds is 4. The Morgan fingerprint density at radius 2 is 1.88 bits per heavy atom. The second-order valence-electron chi connectivity index (χ2n) is 6.99. The predicted molar refractivity (Wildman–Crippen MR) is 103 cm³/mol. The van der Waals surface area contributed by atoms with Crippen LogP contribution in [-0.2, 0) is 11.3 Å². The predicted octanol–water partition coefficient (Wildman–Crippen LogP) is 3.31. The Kier molecular flexibility index (Phi) is 4.56. The van der Waals surface area contributed by atoms with Gasteiger partial charge in [-0.15, -0.1) is 0 Å². The molecule has 1 aromatic carbocycles. The molecule has 2 aromatic heterocycles. The van der Waals surface area contributed by atoms with Gasteiger partial charge >= 0.3 is 0 Å². The van der Waals surface area contributed by atoms with E-state index < -0.39 is 0 Å². The minimum absolute atomic E-state index is 0.0884. The largest absolute Gasteiger partial charge is 0.341 e. The molecule has 1 saturated heterocycles. The number of aromatic nitrogens is 3. The van der Waals surface area contributed by atoms with Crippen molar-refractivity contribution < 1.29 is 4.79 Å². The molecule has 0 atom stereocenters. The van der Waals surface area contributed by atoms with E-state index in [1.54, 1.807) is 12.4 Å². The first-order chi connectivity index (χ1) is 12.7. The van der Waals surface area contributed by atoms with Crippen molar-refractivity contribution in [2.75, 3.05) is 23.3 Å². The number of para-hydroxylation sites is 1. The zero-order valence-corrected chi connectivity index (χ0v) is 14.9. The molecule has 1 aliphatic heterocycles. The molecule has 1 aliphatic rings. The van der Waals surface area contributed by atoms with E-state index in [9.17, 15) is 4.79 Å². The van der Waals surface area contributed by atoms with Crippen LogP contribution in [0.3, 0.4) is 0 Å². The summed E-state index contributed by atoms with van der Waals surface area (Å²) in [6.07, 6.45) is 7.65. The summed E-state index contributed by atoms with van der Waals surface area (Å²) in [4.78, 5) is 23.4. The van der Waals surface area contributed by atoms with E-state index in [0.717, 1.165) is 35.9 Å². The van der Waals surface area contributed by atoms with Crippen molar-refractivity contribution in [2.45, 2.75) is 26.3 Å². The monoisotopic (exact) mass is 349 g/mol. The topological polar surface area (TPSA) is 63.1 Å². The van der Waals surface area contributed by atoms with Crippen molar-refractivity contribution in [1.82, 2.24) is 14.5 Å². The van der Waals surface area contributed by atoms with E-state index in [1.807, 2.05) is 41.1 Å². The van der Waals surface area contributed by atoms with Crippen LogP contribution in [0.4, 0.5) is 11.6 Å². The van der Waals surface area contributed by atoms with Gasteiger partial charge < -0.3 is 14.8 Å². The molecule has 26 heavy (non-hydrogen) atoms. The van der Waals surface area contributed by atoms with E-state index in [2.05, 4.69) is 27.1 Å². The molecule has 0 saturated carbocycles. The summed E-state index contributed by atoms with van der Waals surface area (Å²) in [5.41, 5.74) is 1.68. The Morgan fingerprint density at radius 1 is 1.15 bits per heavy atom. The molecule has 1 amide bonds. The lowest BCUT2D eigenvalue weighted by molar-refractivity contribution is -0.116. The smallest absolute Gasteiger partial charge is 0.244 e. The third kappa shape index (κ3) is 3.54. The molecule has 3 aromatic rings. The highest BCUT2D eigenvalue weighted by molar-refractivity contribution is 5.91. The fourth-order valence-corrected chi connectivity index (χ4v) is 3.39. The van der Waals surface area contributed by atoms with Crippen LogP contribution in [0, 0.1) is 5.92 Å². The van der Waals surface area contributed by atoms with Crippen molar-refractivity contribution in [3.63, 3.8) is 0 Å². The molecule has 4 rings (SSSR count). The van der Waals surface area contributed by atoms with Crippen LogP contribution in [-0.4, -0.2) is 33.5 Å². The third-order valence-electron chi connectivity index (χ3n) is 4.98. The first kappa shape index (κ1) is 16.6. The Bertz CT molecular complexity index is 894. The zero-order chi connectivity index (χ0) is 17.9. The summed E-state index contributed by atoms with van der Waals surface area (Å²) < 4.78 is 1.94. The number of carbonyl (C=O) groups is 1. The summed E-state index contributed by atoms with van der Waals surface area (Å²) >= 11 is 0. The quantitative estimate of drug-likeness (QED) is 0.785. The maximum Gasteiger partial charge on any atom is 0.244 e. The Morgan fingerprint density at radius 3 is 2.65 bits per heavy atom. The SMILES string of the molecule is CC1CCN(c2ncc(NC(=O)Cn3ccc4ccccc43)cn2)CC1. The maximum atomic E-state index is 12.3. The fourth-order valence-electron chi connectivity index (χ4n) is 3.39. The molecule has 134 valence electrons. The van der Waals surface area contributed by atoms with Gasteiger partial charge in [0, 0.05) is 24.8 Å². The molecule has 6 nitrogen and oxygen atoms in total. The molecule has 1 fully saturated rings. The molecular formula is C20H23N5O. The molecule has 3 heterocycles. The van der Waals surface area contributed by atoms with E-state index in [0.29, 0.717) is 5.69 Å². The van der Waals surface area contributed by atoms with Gasteiger partial charge in [-0.25, -0.2) is 9.97 Å². The van der Waals surface area contributed by atoms with E-state index >= 15 is 0 Å². The van der Waals surface area contributed by atoms with E-state index in [-0.39, 0.29) is 12.5 Å². The molecular weight excluding hydrogens is 326 g/mol. The lowest BCUT2D eigenvalue weighted by Crippen LogP contribution is -2.34. The minimum Gasteiger partial charge on any atom is -0.341 e. The second-order valence-corrected chi connectivity index (χ2v) is 6.99. The van der Waals surface area contributed by atoms with Gasteiger partial charge in [-0.3, -0.25) is 4.79 Å². The Labute approximate surface area is 152 Å². The minimum atomic E-state index is -0.0884. The number of benzene rings is 1. The van der Waals surface area contributed by atoms with Crippen LogP contribution in [0.15, 0.2) is 48.9 Å². The van der Waals surface area contributed by atoms with Gasteiger partial charge in [-0.2, -0.15) is 0 Å². The molecule has 6 heteroatoms. The number of fused-ring (bicyclic) bond motifs is 1. The summed E-state index contributed by atoms with van der Waals surface area (Å²) in [7, 11) is 0. The molecule has 0 unspecified atom stereocenters. The van der Waals surface area contributed by atoms with Crippen molar-refractivity contribution in [3.05, 3.63) is 48.9 Å². The van der Waals surface area contributed by atoms with Crippen molar-refractivity contribution in [2.24, 2.45) is 5.92 Å². The van der Waals surface area contributed by atoms with Crippen LogP contribution < -0.4 is 10.2 Å². The molecule has 0 bridgehead atoms. The molecule has 0 radical (unpaired) electrons. The third-order valence-corrected chi connectivity index (χ3v) is 4.98. The highest BCUT2D eigenvalue weighted by Gasteiger charge is 2.17. The van der Waals surface area contributed by atoms with Crippen molar-refractivity contribution in [1.29, 1.82) is 0 Å². The summed E-state index contributed by atoms with van der Waals surface area (Å²) in [6, 6.07) is 10.0. The van der Waals surface area contributed by atoms with Crippen molar-refractivity contribution >= 4 is 28.4 Å². The van der Waals surface area contributed by atoms with Crippen LogP contribution in [0.25, 0.3) is 10.9 Å². The lowest BCUT2D eigenvalue weighted by Gasteiger charge is -2.30. The van der Waals surface area contributed by atoms with Gasteiger partial charge in [0.15, 0.2) is 0 Å². The second kappa shape index (κ2) is 7.15. The fraction of sp³-hybridized carbons (Fsp3) is 0.350. The van der Waals surface area contributed by atoms with Crippen molar-refractivity contribution in [3.8, 4) is 0 Å². The Balaban J connectivity index is 1.38. The Hall–Kier alpha value is -2.89. The first-order valence-electron chi connectivity index (χ1n) is 9.10. The van der Waals surface area contributed by atoms with Gasteiger partial charge in [-0.1, -0.05) is 25.1 Å². The highest BCUT2D eigenvalue weighted by Crippen LogP contribution is 2.20. The van der Waals surface area contributed by atoms with Gasteiger partial charge in [0.05, 0.1) is 18.1 Å². The number of piperidine rings is 1. The molecule has 0 aliphatic carbocycles.